The molecule has 0 aliphatic heterocycles. The van der Waals surface area contributed by atoms with Crippen LogP contribution in [0.5, 0.6) is 5.75 Å². The molecule has 4 aromatic carbocycles. The number of ether oxygens (including phenoxy) is 1. The number of benzene rings is 4. The van der Waals surface area contributed by atoms with Crippen LogP contribution in [0, 0.1) is 6.92 Å². The Balaban J connectivity index is 1.72. The second-order valence-corrected chi connectivity index (χ2v) is 12.0. The van der Waals surface area contributed by atoms with Gasteiger partial charge in [-0.3, -0.25) is 0 Å². The molecule has 0 N–H and O–H groups in total. The van der Waals surface area contributed by atoms with E-state index >= 15 is 0 Å². The van der Waals surface area contributed by atoms with Crippen LogP contribution in [0.2, 0.25) is 0 Å². The van der Waals surface area contributed by atoms with Crippen LogP contribution in [0.1, 0.15) is 57.0 Å². The molecule has 2 nitrogen and oxygen atoms in total. The van der Waals surface area contributed by atoms with Crippen LogP contribution in [0.25, 0.3) is 49.1 Å². The Labute approximate surface area is 206 Å². The molecule has 0 saturated carbocycles. The molecule has 0 radical (unpaired) electrons. The summed E-state index contributed by atoms with van der Waals surface area (Å²) in [5.74, 6) is 0.955. The fourth-order valence-electron chi connectivity index (χ4n) is 6.57. The molecule has 1 aliphatic rings. The summed E-state index contributed by atoms with van der Waals surface area (Å²) < 4.78 is 8.56. The van der Waals surface area contributed by atoms with Gasteiger partial charge < -0.3 is 9.14 Å². The minimum atomic E-state index is -0.119. The molecule has 0 amide bonds. The van der Waals surface area contributed by atoms with Gasteiger partial charge >= 0.3 is 0 Å². The predicted octanol–water partition coefficient (Wildman–Crippen LogP) is 8.76. The Bertz CT molecular complexity index is 1840. The summed E-state index contributed by atoms with van der Waals surface area (Å²) in [5.41, 5.74) is 10.7. The van der Waals surface area contributed by atoms with Crippen molar-refractivity contribution in [1.82, 2.24) is 4.40 Å². The summed E-state index contributed by atoms with van der Waals surface area (Å²) in [6.07, 6.45) is 0. The third-order valence-corrected chi connectivity index (χ3v) is 8.36. The molecular weight excluding hydrogens is 426 g/mol. The molecule has 0 unspecified atom stereocenters. The molecular formula is C33H31NO. The molecule has 174 valence electrons. The highest BCUT2D eigenvalue weighted by Gasteiger charge is 2.42. The van der Waals surface area contributed by atoms with Crippen molar-refractivity contribution in [2.24, 2.45) is 0 Å². The highest BCUT2D eigenvalue weighted by Crippen LogP contribution is 2.57. The maximum absolute atomic E-state index is 6.01. The molecule has 0 spiro atoms. The molecule has 35 heavy (non-hydrogen) atoms. The van der Waals surface area contributed by atoms with Crippen molar-refractivity contribution < 1.29 is 4.74 Å². The number of nitrogens with zero attached hydrogens (tertiary/aromatic N) is 1. The summed E-state index contributed by atoms with van der Waals surface area (Å²) in [5, 5.41) is 6.45. The van der Waals surface area contributed by atoms with Crippen LogP contribution < -0.4 is 4.74 Å². The molecule has 2 heteroatoms. The molecule has 6 aromatic rings. The predicted molar refractivity (Wildman–Crippen MR) is 149 cm³/mol. The normalized spacial score (nSPS) is 14.9. The SMILES string of the molecule is COc1ccc2c3cc4ccc(C)cc4cc3n3c4c(c1c23)-c1cc(C(C)(C)C)ccc1C4(C)C. The Kier molecular flexibility index (Phi) is 3.79. The third kappa shape index (κ3) is 2.50. The number of hydrogen-bond acceptors (Lipinski definition) is 1. The lowest BCUT2D eigenvalue weighted by Crippen LogP contribution is -2.18. The smallest absolute Gasteiger partial charge is 0.128 e. The zero-order valence-corrected chi connectivity index (χ0v) is 21.6. The summed E-state index contributed by atoms with van der Waals surface area (Å²) in [4.78, 5) is 0. The number of aromatic nitrogens is 1. The van der Waals surface area contributed by atoms with Gasteiger partial charge in [0.2, 0.25) is 0 Å². The highest BCUT2D eigenvalue weighted by atomic mass is 16.5. The number of rotatable bonds is 1. The van der Waals surface area contributed by atoms with Gasteiger partial charge in [0.1, 0.15) is 5.75 Å². The van der Waals surface area contributed by atoms with Gasteiger partial charge in [0.05, 0.1) is 23.5 Å². The quantitative estimate of drug-likeness (QED) is 0.241. The number of aryl methyl sites for hydroxylation is 1. The first-order valence-electron chi connectivity index (χ1n) is 12.6. The van der Waals surface area contributed by atoms with Crippen LogP contribution in [-0.2, 0) is 10.8 Å². The van der Waals surface area contributed by atoms with Crippen molar-refractivity contribution in [3.05, 3.63) is 83.0 Å². The average Bonchev–Trinajstić information content (AvgIpc) is 3.40. The Hall–Kier alpha value is -3.52. The summed E-state index contributed by atoms with van der Waals surface area (Å²) in [6.45, 7) is 13.8. The van der Waals surface area contributed by atoms with Crippen LogP contribution in [0.15, 0.2) is 60.7 Å². The first-order chi connectivity index (χ1) is 16.6. The van der Waals surface area contributed by atoms with E-state index in [2.05, 4.69) is 107 Å². The van der Waals surface area contributed by atoms with Gasteiger partial charge in [0, 0.05) is 27.4 Å². The van der Waals surface area contributed by atoms with Crippen molar-refractivity contribution in [2.75, 3.05) is 7.11 Å². The third-order valence-electron chi connectivity index (χ3n) is 8.36. The Morgan fingerprint density at radius 3 is 2.37 bits per heavy atom. The molecule has 0 saturated heterocycles. The second-order valence-electron chi connectivity index (χ2n) is 12.0. The van der Waals surface area contributed by atoms with E-state index in [0.717, 1.165) is 5.75 Å². The molecule has 7 rings (SSSR count). The number of methoxy groups -OCH3 is 1. The van der Waals surface area contributed by atoms with Gasteiger partial charge in [-0.1, -0.05) is 76.6 Å². The largest absolute Gasteiger partial charge is 0.496 e. The zero-order valence-electron chi connectivity index (χ0n) is 21.6. The monoisotopic (exact) mass is 457 g/mol. The number of fused-ring (bicyclic) bond motifs is 9. The van der Waals surface area contributed by atoms with E-state index in [-0.39, 0.29) is 10.8 Å². The summed E-state index contributed by atoms with van der Waals surface area (Å²) in [7, 11) is 1.80. The molecule has 2 heterocycles. The summed E-state index contributed by atoms with van der Waals surface area (Å²) >= 11 is 0. The van der Waals surface area contributed by atoms with E-state index in [4.69, 9.17) is 4.74 Å². The lowest BCUT2D eigenvalue weighted by molar-refractivity contribution is 0.420. The molecule has 1 aliphatic carbocycles. The van der Waals surface area contributed by atoms with E-state index < -0.39 is 0 Å². The van der Waals surface area contributed by atoms with Crippen molar-refractivity contribution in [3.63, 3.8) is 0 Å². The molecule has 0 bridgehead atoms. The maximum atomic E-state index is 6.01. The topological polar surface area (TPSA) is 13.6 Å². The van der Waals surface area contributed by atoms with E-state index in [1.807, 2.05) is 0 Å². The summed E-state index contributed by atoms with van der Waals surface area (Å²) in [6, 6.07) is 23.1. The minimum absolute atomic E-state index is 0.0932. The van der Waals surface area contributed by atoms with Gasteiger partial charge in [0.25, 0.3) is 0 Å². The first kappa shape index (κ1) is 20.8. The lowest BCUT2D eigenvalue weighted by Gasteiger charge is -2.24. The van der Waals surface area contributed by atoms with E-state index in [1.165, 1.54) is 71.5 Å². The molecule has 2 aromatic heterocycles. The average molecular weight is 458 g/mol. The van der Waals surface area contributed by atoms with E-state index in [9.17, 15) is 0 Å². The van der Waals surface area contributed by atoms with Crippen molar-refractivity contribution in [3.8, 4) is 16.9 Å². The second kappa shape index (κ2) is 6.37. The minimum Gasteiger partial charge on any atom is -0.496 e. The van der Waals surface area contributed by atoms with Gasteiger partial charge in [-0.2, -0.15) is 0 Å². The highest BCUT2D eigenvalue weighted by molar-refractivity contribution is 6.23. The van der Waals surface area contributed by atoms with Crippen LogP contribution in [0.4, 0.5) is 0 Å². The van der Waals surface area contributed by atoms with Crippen molar-refractivity contribution in [2.45, 2.75) is 52.4 Å². The van der Waals surface area contributed by atoms with Crippen molar-refractivity contribution >= 4 is 38.0 Å². The zero-order chi connectivity index (χ0) is 24.4. The Morgan fingerprint density at radius 2 is 1.63 bits per heavy atom. The van der Waals surface area contributed by atoms with E-state index in [0.29, 0.717) is 0 Å². The molecule has 0 atom stereocenters. The maximum Gasteiger partial charge on any atom is 0.128 e. The first-order valence-corrected chi connectivity index (χ1v) is 12.6. The standard InChI is InChI=1S/C33H31NO/c1-18-8-9-19-15-23-22-11-13-27(35-7)29-28-24-17-21(32(2,3)4)10-12-25(24)33(5,6)31(28)34(30(22)29)26(23)16-20(19)14-18/h8-17H,1-7H3. The number of hydrogen-bond donors (Lipinski definition) is 0. The van der Waals surface area contributed by atoms with Gasteiger partial charge in [-0.05, 0) is 64.1 Å². The van der Waals surface area contributed by atoms with Gasteiger partial charge in [0.15, 0.2) is 0 Å². The van der Waals surface area contributed by atoms with E-state index in [1.54, 1.807) is 7.11 Å². The lowest BCUT2D eigenvalue weighted by atomic mass is 9.81. The molecule has 0 fully saturated rings. The fourth-order valence-corrected chi connectivity index (χ4v) is 6.57. The van der Waals surface area contributed by atoms with Crippen LogP contribution >= 0.6 is 0 Å². The van der Waals surface area contributed by atoms with Gasteiger partial charge in [-0.25, -0.2) is 0 Å². The van der Waals surface area contributed by atoms with Crippen molar-refractivity contribution in [1.29, 1.82) is 0 Å². The van der Waals surface area contributed by atoms with Crippen LogP contribution in [0.3, 0.4) is 0 Å². The Morgan fingerprint density at radius 1 is 0.829 bits per heavy atom. The van der Waals surface area contributed by atoms with Gasteiger partial charge in [-0.15, -0.1) is 0 Å². The van der Waals surface area contributed by atoms with Crippen LogP contribution in [-0.4, -0.2) is 11.5 Å². The fraction of sp³-hybridized carbons (Fsp3) is 0.273.